The number of benzene rings is 16. The van der Waals surface area contributed by atoms with Crippen molar-refractivity contribution >= 4 is 92.7 Å². The zero-order valence-electron chi connectivity index (χ0n) is 60.3. The van der Waals surface area contributed by atoms with Gasteiger partial charge in [0.15, 0.2) is 0 Å². The molecule has 0 saturated carbocycles. The van der Waals surface area contributed by atoms with Gasteiger partial charge in [0.2, 0.25) is 0 Å². The molecule has 0 nitrogen and oxygen atoms in total. The topological polar surface area (TPSA) is 0 Å². The molecule has 8 heteroatoms. The van der Waals surface area contributed by atoms with Crippen molar-refractivity contribution in [2.45, 2.75) is 24.6 Å². The molecule has 0 atom stereocenters. The van der Waals surface area contributed by atoms with E-state index in [9.17, 15) is 0 Å². The minimum atomic E-state index is -1.78. The number of hydrogen-bond donors (Lipinski definition) is 0. The monoisotopic (exact) mass is 1490 g/mol. The molecule has 0 saturated heterocycles. The highest BCUT2D eigenvalue weighted by molar-refractivity contribution is 7.96. The van der Waals surface area contributed by atoms with E-state index in [1.807, 2.05) is 0 Å². The Morgan fingerprint density at radius 3 is 0.259 bits per heavy atom. The Kier molecular flexibility index (Phi) is 30.9. The van der Waals surface area contributed by atoms with Crippen molar-refractivity contribution in [3.63, 3.8) is 0 Å². The van der Waals surface area contributed by atoms with E-state index in [4.69, 9.17) is 0 Å². The van der Waals surface area contributed by atoms with Gasteiger partial charge >= 0.3 is 0 Å². The van der Waals surface area contributed by atoms with Crippen LogP contribution in [0.15, 0.2) is 485 Å². The van der Waals surface area contributed by atoms with Crippen LogP contribution in [-0.4, -0.2) is 0 Å². The van der Waals surface area contributed by atoms with Gasteiger partial charge in [-0.1, -0.05) is 340 Å². The zero-order chi connectivity index (χ0) is 70.6. The van der Waals surface area contributed by atoms with Gasteiger partial charge in [-0.15, -0.1) is 0 Å². The van der Waals surface area contributed by atoms with Gasteiger partial charge in [-0.2, -0.15) is 0 Å². The lowest BCUT2D eigenvalue weighted by atomic mass is 10.2. The number of halogens is 4. The van der Waals surface area contributed by atoms with Crippen LogP contribution in [0, 0.1) is 0 Å². The van der Waals surface area contributed by atoms with Crippen molar-refractivity contribution in [2.75, 3.05) is 0 Å². The van der Waals surface area contributed by atoms with Gasteiger partial charge in [0.05, 0.1) is 24.6 Å². The number of hydrogen-bond acceptors (Lipinski definition) is 0. The molecule has 0 aliphatic heterocycles. The summed E-state index contributed by atoms with van der Waals surface area (Å²) >= 11 is 0. The van der Waals surface area contributed by atoms with Crippen LogP contribution in [0.4, 0.5) is 0 Å². The smallest absolute Gasteiger partial charge is 0.116 e. The molecule has 0 fully saturated rings. The van der Waals surface area contributed by atoms with Crippen molar-refractivity contribution in [3.8, 4) is 0 Å². The van der Waals surface area contributed by atoms with Crippen LogP contribution in [0.2, 0.25) is 0 Å². The molecule has 108 heavy (non-hydrogen) atoms. The first-order valence-corrected chi connectivity index (χ1v) is 43.8. The Bertz CT molecular complexity index is 4020. The Morgan fingerprint density at radius 1 is 0.102 bits per heavy atom. The third-order valence-corrected chi connectivity index (χ3v) is 36.9. The summed E-state index contributed by atoms with van der Waals surface area (Å²) in [5.41, 5.74) is 5.55. The minimum Gasteiger partial charge on any atom is -1.00 e. The average molecular weight is 1490 g/mol. The SMILES string of the molecule is [F-].[F-].[F-].[F-].c1ccc(C[P+](c2ccccc2)(c2ccccc2)c2ccccc2)cc1.c1ccc(C[P+](c2ccccc2)(c2ccccc2)c2ccccc2)cc1.c1ccc(C[P+](c2ccccc2)(c2ccccc2)c2ccccc2)cc1.c1ccc(C[P+](c2ccccc2)(c2ccccc2)c2ccccc2)cc1. The summed E-state index contributed by atoms with van der Waals surface area (Å²) in [7, 11) is -7.10. The molecule has 16 rings (SSSR count). The maximum atomic E-state index is 2.30. The maximum Gasteiger partial charge on any atom is 0.116 e. The van der Waals surface area contributed by atoms with Gasteiger partial charge in [-0.25, -0.2) is 0 Å². The van der Waals surface area contributed by atoms with Gasteiger partial charge in [0.25, 0.3) is 0 Å². The fourth-order valence-electron chi connectivity index (χ4n) is 14.5. The predicted octanol–water partition coefficient (Wildman–Crippen LogP) is 8.74. The van der Waals surface area contributed by atoms with Crippen LogP contribution in [-0.2, 0) is 24.6 Å². The molecule has 0 unspecified atom stereocenters. The van der Waals surface area contributed by atoms with E-state index in [0.717, 1.165) is 24.6 Å². The summed E-state index contributed by atoms with van der Waals surface area (Å²) < 4.78 is 0. The fourth-order valence-corrected chi connectivity index (χ4v) is 31.5. The van der Waals surface area contributed by atoms with Crippen LogP contribution in [0.5, 0.6) is 0 Å². The van der Waals surface area contributed by atoms with Crippen LogP contribution in [0.3, 0.4) is 0 Å². The summed E-state index contributed by atoms with van der Waals surface area (Å²) in [4.78, 5) is 0. The third kappa shape index (κ3) is 19.2. The number of rotatable bonds is 20. The third-order valence-electron chi connectivity index (χ3n) is 19.4. The zero-order valence-corrected chi connectivity index (χ0v) is 63.9. The lowest BCUT2D eigenvalue weighted by Gasteiger charge is -2.27. The summed E-state index contributed by atoms with van der Waals surface area (Å²) in [5.74, 6) is 0. The molecular formula is C100H88F4P4. The fraction of sp³-hybridized carbons (Fsp3) is 0.0400. The molecule has 0 aliphatic carbocycles. The normalized spacial score (nSPS) is 10.8. The van der Waals surface area contributed by atoms with E-state index >= 15 is 0 Å². The Morgan fingerprint density at radius 2 is 0.176 bits per heavy atom. The highest BCUT2D eigenvalue weighted by Crippen LogP contribution is 2.61. The second-order valence-corrected chi connectivity index (χ2v) is 39.8. The molecule has 0 amide bonds. The van der Waals surface area contributed by atoms with E-state index < -0.39 is 29.0 Å². The first-order valence-electron chi connectivity index (χ1n) is 35.9. The first kappa shape index (κ1) is 81.0. The maximum absolute atomic E-state index is 2.30. The first-order chi connectivity index (χ1) is 51.6. The average Bonchev–Trinajstić information content (AvgIpc) is 0.776. The molecule has 16 aromatic carbocycles. The van der Waals surface area contributed by atoms with Gasteiger partial charge in [0, 0.05) is 0 Å². The van der Waals surface area contributed by atoms with E-state index in [0.29, 0.717) is 0 Å². The van der Waals surface area contributed by atoms with Gasteiger partial charge in [-0.05, 0) is 168 Å². The minimum absolute atomic E-state index is 0. The van der Waals surface area contributed by atoms with Crippen molar-refractivity contribution in [1.29, 1.82) is 0 Å². The Balaban J connectivity index is 0.000000164. The molecule has 0 radical (unpaired) electrons. The second kappa shape index (κ2) is 41.2. The lowest BCUT2D eigenvalue weighted by molar-refractivity contribution is -0.00100. The summed E-state index contributed by atoms with van der Waals surface area (Å²) in [6, 6.07) is 176. The summed E-state index contributed by atoms with van der Waals surface area (Å²) in [5, 5.41) is 17.2. The van der Waals surface area contributed by atoms with E-state index in [-0.39, 0.29) is 18.8 Å². The Hall–Kier alpha value is -11.0. The van der Waals surface area contributed by atoms with Crippen LogP contribution in [0.25, 0.3) is 0 Å². The molecule has 16 aromatic rings. The van der Waals surface area contributed by atoms with Crippen LogP contribution >= 0.6 is 29.0 Å². The van der Waals surface area contributed by atoms with E-state index in [2.05, 4.69) is 485 Å². The molecule has 0 N–H and O–H groups in total. The highest BCUT2D eigenvalue weighted by Gasteiger charge is 2.49. The van der Waals surface area contributed by atoms with Crippen molar-refractivity contribution in [3.05, 3.63) is 508 Å². The van der Waals surface area contributed by atoms with Crippen molar-refractivity contribution in [1.82, 2.24) is 0 Å². The molecule has 0 aromatic heterocycles. The van der Waals surface area contributed by atoms with Crippen molar-refractivity contribution < 1.29 is 18.8 Å². The predicted molar refractivity (Wildman–Crippen MR) is 461 cm³/mol. The van der Waals surface area contributed by atoms with Gasteiger partial charge < -0.3 is 18.8 Å². The largest absolute Gasteiger partial charge is 1.00 e. The second-order valence-electron chi connectivity index (χ2n) is 25.8. The standard InChI is InChI=1S/4C25H22P.4FH/c4*1-5-13-22(14-6-1)21-26(23-15-7-2-8-16-23,24-17-9-3-10-18-24)25-19-11-4-12-20-25;;;;/h4*1-20H,21H2;4*1H/q4*+1;;;;/p-4. The lowest BCUT2D eigenvalue weighted by Crippen LogP contribution is -3.00. The Labute approximate surface area is 639 Å². The quantitative estimate of drug-likeness (QED) is 0.0530. The summed E-state index contributed by atoms with van der Waals surface area (Å²) in [6.07, 6.45) is 4.13. The molecule has 536 valence electrons. The van der Waals surface area contributed by atoms with Gasteiger partial charge in [0.1, 0.15) is 92.7 Å². The molecule has 0 heterocycles. The van der Waals surface area contributed by atoms with Crippen LogP contribution < -0.4 is 82.5 Å². The molecule has 0 aliphatic rings. The highest BCUT2D eigenvalue weighted by atomic mass is 31.2. The van der Waals surface area contributed by atoms with Gasteiger partial charge in [-0.3, -0.25) is 0 Å². The van der Waals surface area contributed by atoms with Crippen molar-refractivity contribution in [2.24, 2.45) is 0 Å². The molecule has 0 bridgehead atoms. The van der Waals surface area contributed by atoms with Crippen LogP contribution in [0.1, 0.15) is 22.3 Å². The van der Waals surface area contributed by atoms with E-state index in [1.165, 1.54) is 85.9 Å². The van der Waals surface area contributed by atoms with E-state index in [1.54, 1.807) is 0 Å². The molecule has 0 spiro atoms. The summed E-state index contributed by atoms with van der Waals surface area (Å²) in [6.45, 7) is 0. The molecular weight excluding hydrogens is 1400 g/mol.